The lowest BCUT2D eigenvalue weighted by Gasteiger charge is -2.28. The molecule has 1 saturated carbocycles. The third-order valence-electron chi connectivity index (χ3n) is 2.65. The highest BCUT2D eigenvalue weighted by Crippen LogP contribution is 2.27. The smallest absolute Gasteiger partial charge is 0.323 e. The Hall–Kier alpha value is -1.74. The Morgan fingerprint density at radius 3 is 2.61 bits per heavy atom. The number of carboxylic acid groups (broad SMARTS) is 1. The van der Waals surface area contributed by atoms with Gasteiger partial charge >= 0.3 is 12.0 Å². The molecule has 0 aromatic rings. The number of methoxy groups -OCH3 is 1. The van der Waals surface area contributed by atoms with Gasteiger partial charge in [-0.15, -0.1) is 6.42 Å². The number of nitrogens with zero attached hydrogens (tertiary/aromatic N) is 2. The summed E-state index contributed by atoms with van der Waals surface area (Å²) >= 11 is 0. The molecule has 1 aliphatic rings. The van der Waals surface area contributed by atoms with Gasteiger partial charge in [0.1, 0.15) is 6.54 Å². The van der Waals surface area contributed by atoms with Gasteiger partial charge in [0.25, 0.3) is 0 Å². The van der Waals surface area contributed by atoms with Gasteiger partial charge in [0.05, 0.1) is 13.2 Å². The molecule has 0 saturated heterocycles. The maximum absolute atomic E-state index is 12.2. The summed E-state index contributed by atoms with van der Waals surface area (Å²) in [5, 5.41) is 8.77. The van der Waals surface area contributed by atoms with E-state index in [9.17, 15) is 9.59 Å². The quantitative estimate of drug-likeness (QED) is 0.661. The molecule has 0 atom stereocenters. The third kappa shape index (κ3) is 4.26. The number of carbonyl (C=O) groups is 2. The molecule has 0 aromatic heterocycles. The summed E-state index contributed by atoms with van der Waals surface area (Å²) in [7, 11) is 1.56. The van der Waals surface area contributed by atoms with Crippen LogP contribution in [0.1, 0.15) is 12.8 Å². The standard InChI is InChI=1S/C12H18N2O4/c1-3-6-13(9-11(15)16)12(17)14(7-8-18-2)10-4-5-10/h1,10H,4-9H2,2H3,(H,15,16). The van der Waals surface area contributed by atoms with Gasteiger partial charge in [-0.2, -0.15) is 0 Å². The van der Waals surface area contributed by atoms with E-state index in [4.69, 9.17) is 16.3 Å². The lowest BCUT2D eigenvalue weighted by Crippen LogP contribution is -2.47. The van der Waals surface area contributed by atoms with E-state index in [0.717, 1.165) is 17.7 Å². The number of hydrogen-bond donors (Lipinski definition) is 1. The first-order valence-electron chi connectivity index (χ1n) is 5.80. The molecule has 0 aromatic carbocycles. The molecule has 0 radical (unpaired) electrons. The van der Waals surface area contributed by atoms with Crippen molar-refractivity contribution < 1.29 is 19.4 Å². The number of carbonyl (C=O) groups excluding carboxylic acids is 1. The van der Waals surface area contributed by atoms with Crippen LogP contribution in [0.25, 0.3) is 0 Å². The maximum atomic E-state index is 12.2. The van der Waals surface area contributed by atoms with Crippen LogP contribution in [0.5, 0.6) is 0 Å². The second-order valence-corrected chi connectivity index (χ2v) is 4.15. The fraction of sp³-hybridized carbons (Fsp3) is 0.667. The second kappa shape index (κ2) is 6.87. The van der Waals surface area contributed by atoms with E-state index in [2.05, 4.69) is 5.92 Å². The minimum atomic E-state index is -1.07. The summed E-state index contributed by atoms with van der Waals surface area (Å²) in [5.74, 6) is 1.24. The van der Waals surface area contributed by atoms with Crippen molar-refractivity contribution >= 4 is 12.0 Å². The van der Waals surface area contributed by atoms with Gasteiger partial charge in [-0.25, -0.2) is 4.79 Å². The predicted molar refractivity (Wildman–Crippen MR) is 65.0 cm³/mol. The van der Waals surface area contributed by atoms with E-state index >= 15 is 0 Å². The third-order valence-corrected chi connectivity index (χ3v) is 2.65. The van der Waals surface area contributed by atoms with Crippen LogP contribution < -0.4 is 0 Å². The molecule has 6 heteroatoms. The van der Waals surface area contributed by atoms with Crippen molar-refractivity contribution in [2.24, 2.45) is 0 Å². The average molecular weight is 254 g/mol. The fourth-order valence-corrected chi connectivity index (χ4v) is 1.66. The van der Waals surface area contributed by atoms with Crippen LogP contribution in [0.3, 0.4) is 0 Å². The lowest BCUT2D eigenvalue weighted by atomic mass is 10.4. The molecule has 1 rings (SSSR count). The van der Waals surface area contributed by atoms with Gasteiger partial charge < -0.3 is 19.6 Å². The van der Waals surface area contributed by atoms with Gasteiger partial charge in [-0.3, -0.25) is 4.79 Å². The van der Waals surface area contributed by atoms with E-state index in [1.165, 1.54) is 0 Å². The summed E-state index contributed by atoms with van der Waals surface area (Å²) in [6.07, 6.45) is 7.06. The highest BCUT2D eigenvalue weighted by molar-refractivity contribution is 5.80. The van der Waals surface area contributed by atoms with Crippen molar-refractivity contribution in [1.82, 2.24) is 9.80 Å². The molecular weight excluding hydrogens is 236 g/mol. The zero-order chi connectivity index (χ0) is 13.5. The van der Waals surface area contributed by atoms with Gasteiger partial charge in [0, 0.05) is 19.7 Å². The van der Waals surface area contributed by atoms with Crippen molar-refractivity contribution in [1.29, 1.82) is 0 Å². The van der Waals surface area contributed by atoms with E-state index in [-0.39, 0.29) is 25.2 Å². The Morgan fingerprint density at radius 1 is 1.50 bits per heavy atom. The average Bonchev–Trinajstić information content (AvgIpc) is 3.12. The fourth-order valence-electron chi connectivity index (χ4n) is 1.66. The highest BCUT2D eigenvalue weighted by Gasteiger charge is 2.34. The van der Waals surface area contributed by atoms with Crippen LogP contribution >= 0.6 is 0 Å². The molecule has 0 unspecified atom stereocenters. The van der Waals surface area contributed by atoms with Gasteiger partial charge in [0.2, 0.25) is 0 Å². The van der Waals surface area contributed by atoms with Crippen molar-refractivity contribution in [3.8, 4) is 12.3 Å². The minimum absolute atomic E-state index is 0.00132. The van der Waals surface area contributed by atoms with Gasteiger partial charge in [-0.1, -0.05) is 5.92 Å². The molecule has 0 spiro atoms. The summed E-state index contributed by atoms with van der Waals surface area (Å²) in [6.45, 7) is 0.514. The largest absolute Gasteiger partial charge is 0.480 e. The number of ether oxygens (including phenoxy) is 1. The number of hydrogen-bond acceptors (Lipinski definition) is 3. The van der Waals surface area contributed by atoms with Crippen molar-refractivity contribution in [2.75, 3.05) is 33.4 Å². The Labute approximate surface area is 106 Å². The number of amides is 2. The zero-order valence-electron chi connectivity index (χ0n) is 10.5. The van der Waals surface area contributed by atoms with Gasteiger partial charge in [-0.05, 0) is 12.8 Å². The van der Waals surface area contributed by atoms with Crippen LogP contribution in [0.4, 0.5) is 4.79 Å². The van der Waals surface area contributed by atoms with Crippen LogP contribution in [0, 0.1) is 12.3 Å². The summed E-state index contributed by atoms with van der Waals surface area (Å²) in [4.78, 5) is 25.7. The molecule has 6 nitrogen and oxygen atoms in total. The molecular formula is C12H18N2O4. The number of terminal acetylenes is 1. The highest BCUT2D eigenvalue weighted by atomic mass is 16.5. The first-order chi connectivity index (χ1) is 8.60. The lowest BCUT2D eigenvalue weighted by molar-refractivity contribution is -0.137. The molecule has 1 N–H and O–H groups in total. The van der Waals surface area contributed by atoms with Crippen LogP contribution in [0.15, 0.2) is 0 Å². The zero-order valence-corrected chi connectivity index (χ0v) is 10.5. The Morgan fingerprint density at radius 2 is 2.17 bits per heavy atom. The molecule has 0 aliphatic heterocycles. The first-order valence-corrected chi connectivity index (χ1v) is 5.80. The van der Waals surface area contributed by atoms with E-state index < -0.39 is 5.97 Å². The number of aliphatic carboxylic acids is 1. The normalized spacial score (nSPS) is 13.8. The number of carboxylic acids is 1. The molecule has 0 bridgehead atoms. The molecule has 1 fully saturated rings. The van der Waals surface area contributed by atoms with E-state index in [1.54, 1.807) is 12.0 Å². The van der Waals surface area contributed by atoms with E-state index in [1.807, 2.05) is 0 Å². The van der Waals surface area contributed by atoms with Crippen molar-refractivity contribution in [3.05, 3.63) is 0 Å². The molecule has 0 heterocycles. The molecule has 100 valence electrons. The van der Waals surface area contributed by atoms with Crippen LogP contribution in [0.2, 0.25) is 0 Å². The van der Waals surface area contributed by atoms with Crippen LogP contribution in [-0.2, 0) is 9.53 Å². The Bertz CT molecular complexity index is 346. The summed E-state index contributed by atoms with van der Waals surface area (Å²) < 4.78 is 4.95. The maximum Gasteiger partial charge on any atom is 0.323 e. The molecule has 2 amide bonds. The number of rotatable bonds is 7. The predicted octanol–water partition coefficient (Wildman–Crippen LogP) is 0.237. The van der Waals surface area contributed by atoms with Crippen molar-refractivity contribution in [2.45, 2.75) is 18.9 Å². The SMILES string of the molecule is C#CCN(CC(=O)O)C(=O)N(CCOC)C1CC1. The van der Waals surface area contributed by atoms with E-state index in [0.29, 0.717) is 13.2 Å². The second-order valence-electron chi connectivity index (χ2n) is 4.15. The topological polar surface area (TPSA) is 70.1 Å². The monoisotopic (exact) mass is 254 g/mol. The Balaban J connectivity index is 2.65. The van der Waals surface area contributed by atoms with Crippen LogP contribution in [-0.4, -0.2) is 66.3 Å². The molecule has 1 aliphatic carbocycles. The Kier molecular flexibility index (Phi) is 5.46. The molecule has 18 heavy (non-hydrogen) atoms. The number of urea groups is 1. The van der Waals surface area contributed by atoms with Crippen molar-refractivity contribution in [3.63, 3.8) is 0 Å². The summed E-state index contributed by atoms with van der Waals surface area (Å²) in [6, 6.07) is -0.128. The summed E-state index contributed by atoms with van der Waals surface area (Å²) in [5.41, 5.74) is 0. The minimum Gasteiger partial charge on any atom is -0.480 e. The van der Waals surface area contributed by atoms with Gasteiger partial charge in [0.15, 0.2) is 0 Å². The first kappa shape index (κ1) is 14.3.